The van der Waals surface area contributed by atoms with Gasteiger partial charge in [-0.2, -0.15) is 0 Å². The van der Waals surface area contributed by atoms with E-state index >= 15 is 0 Å². The van der Waals surface area contributed by atoms with E-state index in [2.05, 4.69) is 25.2 Å². The van der Waals surface area contributed by atoms with Crippen LogP contribution in [0.5, 0.6) is 5.75 Å². The van der Waals surface area contributed by atoms with Gasteiger partial charge >= 0.3 is 0 Å². The van der Waals surface area contributed by atoms with E-state index in [9.17, 15) is 5.11 Å². The third kappa shape index (κ3) is 4.39. The molecule has 3 atom stereocenters. The zero-order valence-corrected chi connectivity index (χ0v) is 12.7. The van der Waals surface area contributed by atoms with Crippen molar-refractivity contribution in [1.29, 1.82) is 0 Å². The van der Waals surface area contributed by atoms with Crippen molar-refractivity contribution < 1.29 is 5.11 Å². The van der Waals surface area contributed by atoms with Gasteiger partial charge in [0.05, 0.1) is 0 Å². The maximum Gasteiger partial charge on any atom is 0.115 e. The summed E-state index contributed by atoms with van der Waals surface area (Å²) in [5, 5.41) is 13.1. The van der Waals surface area contributed by atoms with Crippen LogP contribution in [0.2, 0.25) is 0 Å². The number of phenols is 1. The molecule has 0 bridgehead atoms. The molecule has 1 fully saturated rings. The van der Waals surface area contributed by atoms with Crippen LogP contribution in [0.1, 0.15) is 44.6 Å². The number of aromatic hydroxyl groups is 1. The van der Waals surface area contributed by atoms with Crippen LogP contribution in [0.4, 0.5) is 0 Å². The predicted octanol–water partition coefficient (Wildman–Crippen LogP) is 3.94. The fourth-order valence-electron chi connectivity index (χ4n) is 3.33. The number of hydrogen-bond donors (Lipinski definition) is 2. The highest BCUT2D eigenvalue weighted by Gasteiger charge is 2.23. The molecule has 1 aliphatic rings. The lowest BCUT2D eigenvalue weighted by Crippen LogP contribution is -2.16. The summed E-state index contributed by atoms with van der Waals surface area (Å²) in [7, 11) is 0. The van der Waals surface area contributed by atoms with E-state index in [-0.39, 0.29) is 12.4 Å². The molecular formula is C16H26ClNO. The second kappa shape index (κ2) is 7.76. The van der Waals surface area contributed by atoms with Crippen LogP contribution in [0.15, 0.2) is 24.3 Å². The first-order chi connectivity index (χ1) is 8.70. The first-order valence-electron chi connectivity index (χ1n) is 7.20. The molecule has 0 aliphatic carbocycles. The molecule has 0 radical (unpaired) electrons. The highest BCUT2D eigenvalue weighted by Crippen LogP contribution is 2.34. The summed E-state index contributed by atoms with van der Waals surface area (Å²) < 4.78 is 0. The Labute approximate surface area is 123 Å². The summed E-state index contributed by atoms with van der Waals surface area (Å²) in [4.78, 5) is 0. The predicted molar refractivity (Wildman–Crippen MR) is 83.1 cm³/mol. The lowest BCUT2D eigenvalue weighted by Gasteiger charge is -2.25. The molecule has 0 spiro atoms. The third-order valence-corrected chi connectivity index (χ3v) is 4.29. The van der Waals surface area contributed by atoms with E-state index in [1.54, 1.807) is 6.07 Å². The van der Waals surface area contributed by atoms with Crippen molar-refractivity contribution >= 4 is 12.4 Å². The van der Waals surface area contributed by atoms with Crippen LogP contribution in [0.25, 0.3) is 0 Å². The van der Waals surface area contributed by atoms with Gasteiger partial charge in [0, 0.05) is 0 Å². The smallest absolute Gasteiger partial charge is 0.115 e. The second-order valence-electron chi connectivity index (χ2n) is 5.68. The van der Waals surface area contributed by atoms with Crippen molar-refractivity contribution in [3.05, 3.63) is 29.8 Å². The van der Waals surface area contributed by atoms with E-state index < -0.39 is 0 Å². The van der Waals surface area contributed by atoms with Gasteiger partial charge in [0.15, 0.2) is 0 Å². The Bertz CT molecular complexity index is 377. The molecule has 108 valence electrons. The van der Waals surface area contributed by atoms with Gasteiger partial charge in [0.25, 0.3) is 0 Å². The summed E-state index contributed by atoms with van der Waals surface area (Å²) >= 11 is 0. The first kappa shape index (κ1) is 16.3. The van der Waals surface area contributed by atoms with Crippen LogP contribution in [0, 0.1) is 11.8 Å². The van der Waals surface area contributed by atoms with Crippen molar-refractivity contribution in [3.63, 3.8) is 0 Å². The van der Waals surface area contributed by atoms with E-state index in [0.717, 1.165) is 12.3 Å². The Morgan fingerprint density at radius 3 is 2.79 bits per heavy atom. The molecule has 2 rings (SSSR count). The molecule has 1 aliphatic heterocycles. The molecule has 0 saturated carbocycles. The monoisotopic (exact) mass is 283 g/mol. The standard InChI is InChI=1S/C16H25NO.ClH/c1-3-16(14-5-4-6-15(18)10-14)12(2)9-13-7-8-17-11-13;/h4-6,10,12-13,16-18H,3,7-9,11H2,1-2H3;1H. The van der Waals surface area contributed by atoms with Gasteiger partial charge in [0.2, 0.25) is 0 Å². The SMILES string of the molecule is CCC(c1cccc(O)c1)C(C)CC1CCNC1.Cl. The van der Waals surface area contributed by atoms with Crippen molar-refractivity contribution in [3.8, 4) is 5.75 Å². The van der Waals surface area contributed by atoms with Crippen LogP contribution >= 0.6 is 12.4 Å². The van der Waals surface area contributed by atoms with Crippen molar-refractivity contribution in [2.24, 2.45) is 11.8 Å². The summed E-state index contributed by atoms with van der Waals surface area (Å²) in [5.74, 6) is 2.48. The lowest BCUT2D eigenvalue weighted by atomic mass is 9.80. The Kier molecular flexibility index (Phi) is 6.67. The minimum atomic E-state index is 0. The van der Waals surface area contributed by atoms with Gasteiger partial charge in [-0.05, 0) is 67.8 Å². The lowest BCUT2D eigenvalue weighted by molar-refractivity contribution is 0.350. The Morgan fingerprint density at radius 1 is 1.42 bits per heavy atom. The summed E-state index contributed by atoms with van der Waals surface area (Å²) in [6.45, 7) is 6.97. The van der Waals surface area contributed by atoms with E-state index in [1.807, 2.05) is 12.1 Å². The number of halogens is 1. The van der Waals surface area contributed by atoms with Crippen LogP contribution in [-0.2, 0) is 0 Å². The molecule has 19 heavy (non-hydrogen) atoms. The molecule has 1 heterocycles. The van der Waals surface area contributed by atoms with E-state index in [1.165, 1.54) is 31.5 Å². The first-order valence-corrected chi connectivity index (χ1v) is 7.20. The molecule has 0 amide bonds. The number of nitrogens with one attached hydrogen (secondary N) is 1. The Morgan fingerprint density at radius 2 is 2.21 bits per heavy atom. The number of rotatable bonds is 5. The fraction of sp³-hybridized carbons (Fsp3) is 0.625. The van der Waals surface area contributed by atoms with Crippen LogP contribution < -0.4 is 5.32 Å². The Hall–Kier alpha value is -0.730. The molecule has 1 aromatic carbocycles. The average Bonchev–Trinajstić information content (AvgIpc) is 2.83. The molecule has 1 saturated heterocycles. The third-order valence-electron chi connectivity index (χ3n) is 4.29. The molecule has 0 aromatic heterocycles. The van der Waals surface area contributed by atoms with Gasteiger partial charge in [-0.25, -0.2) is 0 Å². The molecular weight excluding hydrogens is 258 g/mol. The quantitative estimate of drug-likeness (QED) is 0.858. The van der Waals surface area contributed by atoms with Gasteiger partial charge in [-0.1, -0.05) is 26.0 Å². The van der Waals surface area contributed by atoms with Crippen LogP contribution in [-0.4, -0.2) is 18.2 Å². The minimum absolute atomic E-state index is 0. The maximum atomic E-state index is 9.61. The largest absolute Gasteiger partial charge is 0.508 e. The topological polar surface area (TPSA) is 32.3 Å². The Balaban J connectivity index is 0.00000180. The average molecular weight is 284 g/mol. The molecule has 2 N–H and O–H groups in total. The normalized spacial score (nSPS) is 21.7. The maximum absolute atomic E-state index is 9.61. The van der Waals surface area contributed by atoms with Gasteiger partial charge in [-0.15, -0.1) is 12.4 Å². The number of benzene rings is 1. The van der Waals surface area contributed by atoms with Gasteiger partial charge < -0.3 is 10.4 Å². The van der Waals surface area contributed by atoms with Crippen molar-refractivity contribution in [2.75, 3.05) is 13.1 Å². The zero-order valence-electron chi connectivity index (χ0n) is 11.9. The molecule has 3 heteroatoms. The van der Waals surface area contributed by atoms with Gasteiger partial charge in [-0.3, -0.25) is 0 Å². The highest BCUT2D eigenvalue weighted by molar-refractivity contribution is 5.85. The van der Waals surface area contributed by atoms with Crippen LogP contribution in [0.3, 0.4) is 0 Å². The molecule has 1 aromatic rings. The molecule has 2 nitrogen and oxygen atoms in total. The number of hydrogen-bond acceptors (Lipinski definition) is 2. The van der Waals surface area contributed by atoms with E-state index in [0.29, 0.717) is 17.6 Å². The summed E-state index contributed by atoms with van der Waals surface area (Å²) in [5.41, 5.74) is 1.29. The second-order valence-corrected chi connectivity index (χ2v) is 5.68. The van der Waals surface area contributed by atoms with Crippen molar-refractivity contribution in [1.82, 2.24) is 5.32 Å². The highest BCUT2D eigenvalue weighted by atomic mass is 35.5. The summed E-state index contributed by atoms with van der Waals surface area (Å²) in [6.07, 6.45) is 3.76. The fourth-order valence-corrected chi connectivity index (χ4v) is 3.33. The molecule has 3 unspecified atom stereocenters. The summed E-state index contributed by atoms with van der Waals surface area (Å²) in [6, 6.07) is 7.79. The minimum Gasteiger partial charge on any atom is -0.508 e. The number of phenolic OH excluding ortho intramolecular Hbond substituents is 1. The van der Waals surface area contributed by atoms with Gasteiger partial charge in [0.1, 0.15) is 5.75 Å². The van der Waals surface area contributed by atoms with Crippen molar-refractivity contribution in [2.45, 2.75) is 39.0 Å². The zero-order chi connectivity index (χ0) is 13.0. The van der Waals surface area contributed by atoms with E-state index in [4.69, 9.17) is 0 Å².